The number of aromatic nitrogens is 2. The van der Waals surface area contributed by atoms with Gasteiger partial charge in [0.1, 0.15) is 0 Å². The predicted octanol–water partition coefficient (Wildman–Crippen LogP) is 5.08. The third kappa shape index (κ3) is 4.23. The number of aryl methyl sites for hydroxylation is 1. The lowest BCUT2D eigenvalue weighted by Crippen LogP contribution is -2.40. The number of thioether (sulfide) groups is 1. The molecule has 3 heterocycles. The minimum atomic E-state index is -0.362. The van der Waals surface area contributed by atoms with E-state index in [1.807, 2.05) is 54.3 Å². The molecule has 0 radical (unpaired) electrons. The molecule has 7 heteroatoms. The average molecular weight is 476 g/mol. The van der Waals surface area contributed by atoms with Crippen LogP contribution in [0.5, 0.6) is 0 Å². The van der Waals surface area contributed by atoms with Crippen molar-refractivity contribution in [2.24, 2.45) is 0 Å². The van der Waals surface area contributed by atoms with Gasteiger partial charge in [-0.25, -0.2) is 4.98 Å². The first kappa shape index (κ1) is 21.9. The maximum atomic E-state index is 13.5. The van der Waals surface area contributed by atoms with Crippen LogP contribution in [0.1, 0.15) is 29.9 Å². The van der Waals surface area contributed by atoms with Crippen LogP contribution in [0.3, 0.4) is 0 Å². The van der Waals surface area contributed by atoms with Gasteiger partial charge in [-0.15, -0.1) is 11.3 Å². The van der Waals surface area contributed by atoms with Gasteiger partial charge in [-0.3, -0.25) is 14.2 Å². The van der Waals surface area contributed by atoms with Crippen LogP contribution < -0.4 is 5.56 Å². The van der Waals surface area contributed by atoms with Crippen molar-refractivity contribution >= 4 is 39.9 Å². The Morgan fingerprint density at radius 3 is 2.73 bits per heavy atom. The standard InChI is InChI=1S/C26H25N3O2S2/c1-3-18-8-10-20(11-9-18)29-25(31)21-6-4-5-7-22(21)27-26(29)33-17(2)24(30)28-14-12-23-19(16-28)13-15-32-23/h4-11,13,15,17H,3,12,14,16H2,1-2H3. The third-order valence-electron chi connectivity index (χ3n) is 6.10. The molecule has 1 aliphatic rings. The quantitative estimate of drug-likeness (QED) is 0.299. The van der Waals surface area contributed by atoms with E-state index in [4.69, 9.17) is 4.98 Å². The minimum Gasteiger partial charge on any atom is -0.337 e. The van der Waals surface area contributed by atoms with Crippen molar-refractivity contribution in [1.29, 1.82) is 0 Å². The summed E-state index contributed by atoms with van der Waals surface area (Å²) in [7, 11) is 0. The number of benzene rings is 2. The Kier molecular flexibility index (Phi) is 6.08. The summed E-state index contributed by atoms with van der Waals surface area (Å²) < 4.78 is 1.64. The molecule has 2 aromatic heterocycles. The zero-order chi connectivity index (χ0) is 22.9. The summed E-state index contributed by atoms with van der Waals surface area (Å²) in [5.74, 6) is 0.0761. The van der Waals surface area contributed by atoms with Gasteiger partial charge in [0.25, 0.3) is 5.56 Å². The Labute approximate surface area is 201 Å². The van der Waals surface area contributed by atoms with Crippen molar-refractivity contribution in [2.45, 2.75) is 43.6 Å². The first-order valence-corrected chi connectivity index (χ1v) is 12.9. The number of carbonyl (C=O) groups excluding carboxylic acids is 1. The molecule has 5 rings (SSSR count). The molecule has 0 saturated carbocycles. The van der Waals surface area contributed by atoms with Crippen LogP contribution in [-0.4, -0.2) is 32.2 Å². The van der Waals surface area contributed by atoms with Crippen molar-refractivity contribution in [1.82, 2.24) is 14.5 Å². The molecule has 4 aromatic rings. The van der Waals surface area contributed by atoms with Gasteiger partial charge in [-0.05, 0) is 66.6 Å². The highest BCUT2D eigenvalue weighted by molar-refractivity contribution is 8.00. The van der Waals surface area contributed by atoms with E-state index in [9.17, 15) is 9.59 Å². The summed E-state index contributed by atoms with van der Waals surface area (Å²) in [5, 5.41) is 2.84. The van der Waals surface area contributed by atoms with Gasteiger partial charge in [-0.1, -0.05) is 43.0 Å². The molecule has 0 fully saturated rings. The van der Waals surface area contributed by atoms with E-state index in [0.717, 1.165) is 25.1 Å². The number of thiophene rings is 1. The lowest BCUT2D eigenvalue weighted by Gasteiger charge is -2.29. The van der Waals surface area contributed by atoms with E-state index in [-0.39, 0.29) is 16.7 Å². The summed E-state index contributed by atoms with van der Waals surface area (Å²) in [6.45, 7) is 5.39. The van der Waals surface area contributed by atoms with Gasteiger partial charge in [-0.2, -0.15) is 0 Å². The maximum absolute atomic E-state index is 13.5. The molecule has 0 N–H and O–H groups in total. The van der Waals surface area contributed by atoms with Gasteiger partial charge in [0.2, 0.25) is 5.91 Å². The number of para-hydroxylation sites is 1. The van der Waals surface area contributed by atoms with E-state index in [1.165, 1.54) is 27.8 Å². The van der Waals surface area contributed by atoms with Crippen LogP contribution in [0.4, 0.5) is 0 Å². The average Bonchev–Trinajstić information content (AvgIpc) is 3.32. The number of amides is 1. The Morgan fingerprint density at radius 2 is 1.94 bits per heavy atom. The summed E-state index contributed by atoms with van der Waals surface area (Å²) in [6, 6.07) is 17.5. The number of nitrogens with zero attached hydrogens (tertiary/aromatic N) is 3. The summed E-state index contributed by atoms with van der Waals surface area (Å²) >= 11 is 3.12. The monoisotopic (exact) mass is 475 g/mol. The second-order valence-corrected chi connectivity index (χ2v) is 10.5. The zero-order valence-electron chi connectivity index (χ0n) is 18.7. The summed E-state index contributed by atoms with van der Waals surface area (Å²) in [4.78, 5) is 34.9. The summed E-state index contributed by atoms with van der Waals surface area (Å²) in [5.41, 5.74) is 3.74. The van der Waals surface area contributed by atoms with Crippen molar-refractivity contribution in [3.05, 3.63) is 86.3 Å². The third-order valence-corrected chi connectivity index (χ3v) is 8.16. The van der Waals surface area contributed by atoms with Crippen LogP contribution in [-0.2, 0) is 24.2 Å². The Hall–Kier alpha value is -2.90. The van der Waals surface area contributed by atoms with E-state index < -0.39 is 0 Å². The predicted molar refractivity (Wildman–Crippen MR) is 135 cm³/mol. The molecule has 168 valence electrons. The zero-order valence-corrected chi connectivity index (χ0v) is 20.3. The normalized spacial score (nSPS) is 14.3. The molecular weight excluding hydrogens is 450 g/mol. The molecule has 1 atom stereocenters. The molecule has 1 unspecified atom stereocenters. The molecule has 1 aliphatic heterocycles. The maximum Gasteiger partial charge on any atom is 0.266 e. The van der Waals surface area contributed by atoms with Crippen molar-refractivity contribution < 1.29 is 4.79 Å². The second kappa shape index (κ2) is 9.15. The first-order valence-electron chi connectivity index (χ1n) is 11.2. The van der Waals surface area contributed by atoms with Crippen LogP contribution in [0.2, 0.25) is 0 Å². The number of fused-ring (bicyclic) bond motifs is 2. The van der Waals surface area contributed by atoms with Crippen LogP contribution >= 0.6 is 23.1 Å². The molecule has 0 saturated heterocycles. The Balaban J connectivity index is 1.50. The minimum absolute atomic E-state index is 0.0761. The Morgan fingerprint density at radius 1 is 1.15 bits per heavy atom. The van der Waals surface area contributed by atoms with Crippen LogP contribution in [0.15, 0.2) is 69.9 Å². The molecule has 0 aliphatic carbocycles. The second-order valence-electron chi connectivity index (χ2n) is 8.21. The molecule has 1 amide bonds. The van der Waals surface area contributed by atoms with E-state index in [2.05, 4.69) is 18.4 Å². The van der Waals surface area contributed by atoms with Crippen molar-refractivity contribution in [3.8, 4) is 5.69 Å². The molecule has 0 spiro atoms. The smallest absolute Gasteiger partial charge is 0.266 e. The molecule has 0 bridgehead atoms. The van der Waals surface area contributed by atoms with Gasteiger partial charge < -0.3 is 4.90 Å². The van der Waals surface area contributed by atoms with Gasteiger partial charge >= 0.3 is 0 Å². The topological polar surface area (TPSA) is 55.2 Å². The summed E-state index contributed by atoms with van der Waals surface area (Å²) in [6.07, 6.45) is 1.83. The van der Waals surface area contributed by atoms with E-state index in [1.54, 1.807) is 22.0 Å². The van der Waals surface area contributed by atoms with Crippen LogP contribution in [0, 0.1) is 0 Å². The lowest BCUT2D eigenvalue weighted by atomic mass is 10.1. The number of hydrogen-bond donors (Lipinski definition) is 0. The largest absolute Gasteiger partial charge is 0.337 e. The fourth-order valence-corrected chi connectivity index (χ4v) is 6.10. The molecule has 5 nitrogen and oxygen atoms in total. The van der Waals surface area contributed by atoms with E-state index >= 15 is 0 Å². The number of rotatable bonds is 5. The highest BCUT2D eigenvalue weighted by Crippen LogP contribution is 2.29. The van der Waals surface area contributed by atoms with Gasteiger partial charge in [0, 0.05) is 18.0 Å². The van der Waals surface area contributed by atoms with E-state index in [0.29, 0.717) is 22.6 Å². The van der Waals surface area contributed by atoms with Crippen molar-refractivity contribution in [2.75, 3.05) is 6.54 Å². The molecule has 2 aromatic carbocycles. The molecule has 33 heavy (non-hydrogen) atoms. The van der Waals surface area contributed by atoms with Crippen LogP contribution in [0.25, 0.3) is 16.6 Å². The number of carbonyl (C=O) groups is 1. The van der Waals surface area contributed by atoms with Gasteiger partial charge in [0.05, 0.1) is 21.8 Å². The highest BCUT2D eigenvalue weighted by Gasteiger charge is 2.27. The SMILES string of the molecule is CCc1ccc(-n2c(SC(C)C(=O)N3CCc4sccc4C3)nc3ccccc3c2=O)cc1. The fourth-order valence-electron chi connectivity index (χ4n) is 4.20. The first-order chi connectivity index (χ1) is 16.0. The highest BCUT2D eigenvalue weighted by atomic mass is 32.2. The van der Waals surface area contributed by atoms with Crippen molar-refractivity contribution in [3.63, 3.8) is 0 Å². The number of hydrogen-bond acceptors (Lipinski definition) is 5. The molecular formula is C26H25N3O2S2. The fraction of sp³-hybridized carbons (Fsp3) is 0.269. The van der Waals surface area contributed by atoms with Gasteiger partial charge in [0.15, 0.2) is 5.16 Å². The Bertz CT molecular complexity index is 1370. The lowest BCUT2D eigenvalue weighted by molar-refractivity contribution is -0.131.